The van der Waals surface area contributed by atoms with Crippen molar-refractivity contribution in [2.24, 2.45) is 5.73 Å². The normalized spacial score (nSPS) is 9.05. The lowest BCUT2D eigenvalue weighted by Gasteiger charge is -2.13. The molecule has 0 fully saturated rings. The third kappa shape index (κ3) is 18.9. The van der Waals surface area contributed by atoms with Gasteiger partial charge in [-0.3, -0.25) is 9.59 Å². The first-order chi connectivity index (χ1) is 9.87. The first-order valence-corrected chi connectivity index (χ1v) is 7.46. The van der Waals surface area contributed by atoms with E-state index in [9.17, 15) is 4.79 Å². The van der Waals surface area contributed by atoms with E-state index in [4.69, 9.17) is 9.21 Å². The summed E-state index contributed by atoms with van der Waals surface area (Å²) >= 11 is 6.62. The van der Waals surface area contributed by atoms with E-state index >= 15 is 0 Å². The van der Waals surface area contributed by atoms with Gasteiger partial charge in [-0.1, -0.05) is 46.0 Å². The second-order valence-electron chi connectivity index (χ2n) is 3.70. The topological polar surface area (TPSA) is 88.6 Å². The first-order valence-electron chi connectivity index (χ1n) is 6.57. The second kappa shape index (κ2) is 15.3. The van der Waals surface area contributed by atoms with Crippen LogP contribution in [0.25, 0.3) is 0 Å². The summed E-state index contributed by atoms with van der Waals surface area (Å²) in [7, 11) is 0. The highest BCUT2D eigenvalue weighted by Gasteiger charge is 1.95. The van der Waals surface area contributed by atoms with E-state index < -0.39 is 5.24 Å². The smallest absolute Gasteiger partial charge is 0.276 e. The van der Waals surface area contributed by atoms with Crippen molar-refractivity contribution in [1.82, 2.24) is 10.2 Å². The quantitative estimate of drug-likeness (QED) is 0.623. The summed E-state index contributed by atoms with van der Waals surface area (Å²) in [6.45, 7) is 10.5. The van der Waals surface area contributed by atoms with Gasteiger partial charge < -0.3 is 20.4 Å². The summed E-state index contributed by atoms with van der Waals surface area (Å²) in [5, 5.41) is 1.49. The zero-order chi connectivity index (χ0) is 16.7. The van der Waals surface area contributed by atoms with Crippen molar-refractivity contribution in [1.29, 1.82) is 0 Å². The molecule has 3 N–H and O–H groups in total. The molecule has 0 aliphatic rings. The van der Waals surface area contributed by atoms with Crippen LogP contribution in [-0.4, -0.2) is 35.0 Å². The van der Waals surface area contributed by atoms with E-state index in [1.165, 1.54) is 19.6 Å². The lowest BCUT2D eigenvalue weighted by atomic mass is 10.4. The molecule has 1 heterocycles. The molecule has 1 aromatic heterocycles. The fourth-order valence-corrected chi connectivity index (χ4v) is 1.33. The van der Waals surface area contributed by atoms with Gasteiger partial charge in [0.15, 0.2) is 0 Å². The molecule has 0 aromatic carbocycles. The van der Waals surface area contributed by atoms with Crippen LogP contribution >= 0.6 is 25.3 Å². The van der Waals surface area contributed by atoms with Crippen LogP contribution < -0.4 is 11.1 Å². The Morgan fingerprint density at radius 2 is 1.71 bits per heavy atom. The van der Waals surface area contributed by atoms with Crippen molar-refractivity contribution in [3.05, 3.63) is 24.2 Å². The van der Waals surface area contributed by atoms with Crippen molar-refractivity contribution < 1.29 is 14.0 Å². The van der Waals surface area contributed by atoms with E-state index in [0.717, 1.165) is 5.76 Å². The summed E-state index contributed by atoms with van der Waals surface area (Å²) in [6.07, 6.45) is 1.56. The van der Waals surface area contributed by atoms with Gasteiger partial charge in [0.25, 0.3) is 10.5 Å². The van der Waals surface area contributed by atoms with E-state index in [2.05, 4.69) is 62.0 Å². The highest BCUT2D eigenvalue weighted by Crippen LogP contribution is 1.98. The number of amides is 2. The predicted molar refractivity (Wildman–Crippen MR) is 92.0 cm³/mol. The van der Waals surface area contributed by atoms with Crippen LogP contribution in [-0.2, 0) is 6.54 Å². The van der Waals surface area contributed by atoms with Gasteiger partial charge in [-0.15, -0.1) is 0 Å². The van der Waals surface area contributed by atoms with E-state index in [0.29, 0.717) is 6.54 Å². The lowest BCUT2D eigenvalue weighted by molar-refractivity contribution is 0.260. The Balaban J connectivity index is 0. The maximum atomic E-state index is 10.3. The van der Waals surface area contributed by atoms with Gasteiger partial charge in [0.2, 0.25) is 0 Å². The van der Waals surface area contributed by atoms with Crippen molar-refractivity contribution >= 4 is 35.7 Å². The highest BCUT2D eigenvalue weighted by atomic mass is 32.1. The van der Waals surface area contributed by atoms with Crippen LogP contribution in [0.15, 0.2) is 22.8 Å². The van der Waals surface area contributed by atoms with Crippen LogP contribution in [0.1, 0.15) is 26.5 Å². The minimum atomic E-state index is -0.639. The highest BCUT2D eigenvalue weighted by molar-refractivity contribution is 7.96. The summed E-state index contributed by atoms with van der Waals surface area (Å²) in [4.78, 5) is 21.7. The Morgan fingerprint density at radius 1 is 1.24 bits per heavy atom. The molecule has 0 atom stereocenters. The van der Waals surface area contributed by atoms with Crippen LogP contribution in [0.5, 0.6) is 0 Å². The SMILES string of the molecule is CCN(CC)CC.NC(=O)S.O=C(S)NCc1ccco1. The standard InChI is InChI=1S/C6H7NO2S.C6H15N.CH3NOS/c8-6(10)7-4-5-2-1-3-9-5;1-4-7(5-2)6-3;2-1(3)4/h1-3H,4H2,(H2,7,8,10);4-6H2,1-3H3;(H3,2,3,4). The molecular formula is C13H25N3O3S2. The minimum absolute atomic E-state index is 0.351. The van der Waals surface area contributed by atoms with Crippen molar-refractivity contribution in [2.75, 3.05) is 19.6 Å². The molecule has 0 saturated carbocycles. The van der Waals surface area contributed by atoms with Crippen LogP contribution in [0.2, 0.25) is 0 Å². The number of furan rings is 1. The van der Waals surface area contributed by atoms with E-state index in [-0.39, 0.29) is 5.24 Å². The van der Waals surface area contributed by atoms with Crippen LogP contribution in [0.4, 0.5) is 9.59 Å². The molecule has 1 aromatic rings. The molecule has 0 aliphatic carbocycles. The van der Waals surface area contributed by atoms with Gasteiger partial charge in [0.05, 0.1) is 12.8 Å². The number of nitrogens with zero attached hydrogens (tertiary/aromatic N) is 1. The minimum Gasteiger partial charge on any atom is -0.467 e. The van der Waals surface area contributed by atoms with Gasteiger partial charge in [-0.25, -0.2) is 0 Å². The fourth-order valence-electron chi connectivity index (χ4n) is 1.25. The molecular weight excluding hydrogens is 310 g/mol. The number of nitrogens with one attached hydrogen (secondary N) is 1. The van der Waals surface area contributed by atoms with Crippen molar-refractivity contribution in [3.63, 3.8) is 0 Å². The Hall–Kier alpha value is -1.12. The van der Waals surface area contributed by atoms with Crippen molar-refractivity contribution in [2.45, 2.75) is 27.3 Å². The molecule has 0 radical (unpaired) electrons. The van der Waals surface area contributed by atoms with Crippen molar-refractivity contribution in [3.8, 4) is 0 Å². The third-order valence-corrected chi connectivity index (χ3v) is 2.49. The molecule has 1 rings (SSSR count). The molecule has 6 nitrogen and oxygen atoms in total. The number of hydrogen-bond acceptors (Lipinski definition) is 4. The average Bonchev–Trinajstić information content (AvgIpc) is 2.92. The molecule has 0 unspecified atom stereocenters. The predicted octanol–water partition coefficient (Wildman–Crippen LogP) is 2.76. The van der Waals surface area contributed by atoms with Gasteiger partial charge in [0.1, 0.15) is 5.76 Å². The molecule has 0 spiro atoms. The molecule has 0 bridgehead atoms. The Bertz CT molecular complexity index is 359. The number of carbonyl (C=O) groups excluding carboxylic acids is 2. The Labute approximate surface area is 137 Å². The number of thiol groups is 2. The zero-order valence-electron chi connectivity index (χ0n) is 12.7. The summed E-state index contributed by atoms with van der Waals surface area (Å²) < 4.78 is 4.94. The number of primary amides is 1. The fraction of sp³-hybridized carbons (Fsp3) is 0.538. The molecule has 2 amide bonds. The second-order valence-corrected chi connectivity index (χ2v) is 4.54. The van der Waals surface area contributed by atoms with Gasteiger partial charge in [0, 0.05) is 0 Å². The van der Waals surface area contributed by atoms with Crippen LogP contribution in [0.3, 0.4) is 0 Å². The zero-order valence-corrected chi connectivity index (χ0v) is 14.5. The Kier molecular flexibility index (Phi) is 16.1. The lowest BCUT2D eigenvalue weighted by Crippen LogP contribution is -2.21. The maximum absolute atomic E-state index is 10.3. The maximum Gasteiger partial charge on any atom is 0.276 e. The number of nitrogens with two attached hydrogens (primary N) is 1. The molecule has 8 heteroatoms. The average molecular weight is 335 g/mol. The van der Waals surface area contributed by atoms with Crippen LogP contribution in [0, 0.1) is 0 Å². The van der Waals surface area contributed by atoms with Gasteiger partial charge in [-0.2, -0.15) is 0 Å². The molecule has 0 aliphatic heterocycles. The monoisotopic (exact) mass is 335 g/mol. The third-order valence-electron chi connectivity index (χ3n) is 2.34. The largest absolute Gasteiger partial charge is 0.467 e. The molecule has 122 valence electrons. The van der Waals surface area contributed by atoms with E-state index in [1.54, 1.807) is 18.4 Å². The molecule has 21 heavy (non-hydrogen) atoms. The number of carbonyl (C=O) groups is 2. The first kappa shape index (κ1) is 22.2. The summed E-state index contributed by atoms with van der Waals surface area (Å²) in [5.41, 5.74) is 4.34. The Morgan fingerprint density at radius 3 is 1.95 bits per heavy atom. The number of rotatable bonds is 5. The van der Waals surface area contributed by atoms with E-state index in [1.807, 2.05) is 0 Å². The number of hydrogen-bond donors (Lipinski definition) is 4. The summed E-state index contributed by atoms with van der Waals surface area (Å²) in [6, 6.07) is 3.55. The molecule has 0 saturated heterocycles. The van der Waals surface area contributed by atoms with Gasteiger partial charge >= 0.3 is 0 Å². The van der Waals surface area contributed by atoms with Gasteiger partial charge in [-0.05, 0) is 31.8 Å². The summed E-state index contributed by atoms with van der Waals surface area (Å²) in [5.74, 6) is 0.724.